The Morgan fingerprint density at radius 3 is 2.41 bits per heavy atom. The van der Waals surface area contributed by atoms with Crippen molar-refractivity contribution in [3.63, 3.8) is 0 Å². The Kier molecular flexibility index (Phi) is 4.69. The lowest BCUT2D eigenvalue weighted by Gasteiger charge is -2.28. The van der Waals surface area contributed by atoms with Gasteiger partial charge >= 0.3 is 6.18 Å². The van der Waals surface area contributed by atoms with Gasteiger partial charge in [-0.2, -0.15) is 13.2 Å². The second-order valence-corrected chi connectivity index (χ2v) is 4.29. The Balaban J connectivity index is 3.18. The third-order valence-corrected chi connectivity index (χ3v) is 3.01. The number of halogens is 5. The minimum absolute atomic E-state index is 0.0670. The summed E-state index contributed by atoms with van der Waals surface area (Å²) in [5.74, 6) is -0.878. The molecule has 0 saturated carbocycles. The molecule has 1 aromatic carbocycles. The summed E-state index contributed by atoms with van der Waals surface area (Å²) in [6, 6.07) is 1.06. The van der Waals surface area contributed by atoms with E-state index in [1.165, 1.54) is 6.92 Å². The zero-order valence-corrected chi connectivity index (χ0v) is 10.5. The zero-order chi connectivity index (χ0) is 13.2. The van der Waals surface area contributed by atoms with Crippen LogP contribution in [0.15, 0.2) is 18.2 Å². The van der Waals surface area contributed by atoms with Gasteiger partial charge in [-0.15, -0.1) is 0 Å². The van der Waals surface area contributed by atoms with E-state index >= 15 is 0 Å². The highest BCUT2D eigenvalue weighted by Crippen LogP contribution is 2.39. The van der Waals surface area contributed by atoms with E-state index in [0.717, 1.165) is 22.5 Å². The predicted octanol–water partition coefficient (Wildman–Crippen LogP) is 4.25. The number of alkyl halides is 3. The maximum Gasteiger partial charge on any atom is 0.408 e. The summed E-state index contributed by atoms with van der Waals surface area (Å²) in [5.41, 5.74) is -0.226. The Morgan fingerprint density at radius 2 is 2.00 bits per heavy atom. The van der Waals surface area contributed by atoms with Crippen LogP contribution in [0.25, 0.3) is 0 Å². The molecule has 7 heteroatoms. The van der Waals surface area contributed by atoms with E-state index < -0.39 is 18.0 Å². The van der Waals surface area contributed by atoms with Gasteiger partial charge in [-0.25, -0.2) is 8.70 Å². The third-order valence-electron chi connectivity index (χ3n) is 2.19. The largest absolute Gasteiger partial charge is 0.408 e. The number of benzene rings is 1. The van der Waals surface area contributed by atoms with E-state index in [1.807, 2.05) is 0 Å². The molecule has 0 spiro atoms. The maximum atomic E-state index is 13.2. The van der Waals surface area contributed by atoms with Crippen LogP contribution in [0.5, 0.6) is 0 Å². The summed E-state index contributed by atoms with van der Waals surface area (Å²) in [7, 11) is 0. The average Bonchev–Trinajstić information content (AvgIpc) is 2.21. The first-order valence-electron chi connectivity index (χ1n) is 4.74. The van der Waals surface area contributed by atoms with Gasteiger partial charge in [-0.1, -0.05) is 37.4 Å². The van der Waals surface area contributed by atoms with Gasteiger partial charge in [0.2, 0.25) is 0 Å². The quantitative estimate of drug-likeness (QED) is 0.642. The Bertz CT molecular complexity index is 396. The standard InChI is InChI=1S/C10H10ClF4NS/c1-2-16(17)9(10(13,14)15)6-3-4-7(11)8(12)5-6/h3-5,9,17H,2H2,1H3. The molecule has 1 atom stereocenters. The van der Waals surface area contributed by atoms with Crippen molar-refractivity contribution in [1.29, 1.82) is 0 Å². The molecule has 0 amide bonds. The van der Waals surface area contributed by atoms with E-state index in [-0.39, 0.29) is 17.1 Å². The molecule has 1 aromatic rings. The van der Waals surface area contributed by atoms with Crippen molar-refractivity contribution in [1.82, 2.24) is 4.31 Å². The second kappa shape index (κ2) is 5.46. The second-order valence-electron chi connectivity index (χ2n) is 3.37. The van der Waals surface area contributed by atoms with Gasteiger partial charge < -0.3 is 0 Å². The van der Waals surface area contributed by atoms with Gasteiger partial charge in [0.05, 0.1) is 5.02 Å². The number of hydrogen-bond donors (Lipinski definition) is 1. The molecule has 0 aliphatic carbocycles. The van der Waals surface area contributed by atoms with Crippen molar-refractivity contribution in [3.05, 3.63) is 34.6 Å². The number of hydrogen-bond acceptors (Lipinski definition) is 2. The molecule has 0 heterocycles. The maximum absolute atomic E-state index is 13.2. The van der Waals surface area contributed by atoms with E-state index in [0.29, 0.717) is 0 Å². The van der Waals surface area contributed by atoms with Crippen molar-refractivity contribution in [2.75, 3.05) is 6.54 Å². The van der Waals surface area contributed by atoms with Crippen molar-refractivity contribution < 1.29 is 17.6 Å². The van der Waals surface area contributed by atoms with Crippen LogP contribution in [0.4, 0.5) is 17.6 Å². The highest BCUT2D eigenvalue weighted by atomic mass is 35.5. The fourth-order valence-electron chi connectivity index (χ4n) is 1.40. The van der Waals surface area contributed by atoms with Crippen LogP contribution in [0.1, 0.15) is 18.5 Å². The Labute approximate surface area is 107 Å². The van der Waals surface area contributed by atoms with E-state index in [9.17, 15) is 17.6 Å². The molecule has 96 valence electrons. The smallest absolute Gasteiger partial charge is 0.237 e. The first-order valence-corrected chi connectivity index (χ1v) is 5.52. The number of thiol groups is 1. The predicted molar refractivity (Wildman–Crippen MR) is 61.6 cm³/mol. The molecule has 0 N–H and O–H groups in total. The Morgan fingerprint density at radius 1 is 1.41 bits per heavy atom. The van der Waals surface area contributed by atoms with Gasteiger partial charge in [0, 0.05) is 6.54 Å². The van der Waals surface area contributed by atoms with Gasteiger partial charge in [-0.3, -0.25) is 0 Å². The monoisotopic (exact) mass is 287 g/mol. The molecule has 0 aromatic heterocycles. The topological polar surface area (TPSA) is 3.24 Å². The van der Waals surface area contributed by atoms with Crippen LogP contribution in [0.2, 0.25) is 5.02 Å². The van der Waals surface area contributed by atoms with Gasteiger partial charge in [0.15, 0.2) is 0 Å². The highest BCUT2D eigenvalue weighted by Gasteiger charge is 2.43. The summed E-state index contributed by atoms with van der Waals surface area (Å²) in [6.07, 6.45) is -4.53. The van der Waals surface area contributed by atoms with Crippen LogP contribution in [-0.4, -0.2) is 17.0 Å². The number of nitrogens with zero attached hydrogens (tertiary/aromatic N) is 1. The summed E-state index contributed by atoms with van der Waals surface area (Å²) in [4.78, 5) is 0. The molecule has 0 bridgehead atoms. The van der Waals surface area contributed by atoms with Gasteiger partial charge in [0.25, 0.3) is 0 Å². The molecule has 1 unspecified atom stereocenters. The lowest BCUT2D eigenvalue weighted by atomic mass is 10.1. The lowest BCUT2D eigenvalue weighted by molar-refractivity contribution is -0.171. The van der Waals surface area contributed by atoms with Crippen molar-refractivity contribution in [2.24, 2.45) is 0 Å². The van der Waals surface area contributed by atoms with Gasteiger partial charge in [-0.05, 0) is 17.7 Å². The highest BCUT2D eigenvalue weighted by molar-refractivity contribution is 7.77. The minimum Gasteiger partial charge on any atom is -0.237 e. The van der Waals surface area contributed by atoms with Crippen molar-refractivity contribution in [2.45, 2.75) is 19.1 Å². The molecule has 1 rings (SSSR count). The Hall–Kier alpha value is -0.460. The van der Waals surface area contributed by atoms with E-state index in [4.69, 9.17) is 11.6 Å². The molecular weight excluding hydrogens is 278 g/mol. The van der Waals surface area contributed by atoms with Crippen molar-refractivity contribution in [3.8, 4) is 0 Å². The number of rotatable bonds is 3. The SMILES string of the molecule is CCN(S)C(c1ccc(Cl)c(F)c1)C(F)(F)F. The lowest BCUT2D eigenvalue weighted by Crippen LogP contribution is -2.32. The molecule has 0 aliphatic heterocycles. The van der Waals surface area contributed by atoms with Gasteiger partial charge in [0.1, 0.15) is 11.9 Å². The molecule has 0 aliphatic rings. The van der Waals surface area contributed by atoms with E-state index in [1.54, 1.807) is 0 Å². The van der Waals surface area contributed by atoms with Crippen LogP contribution >= 0.6 is 24.4 Å². The molecule has 1 nitrogen and oxygen atoms in total. The fourth-order valence-corrected chi connectivity index (χ4v) is 1.78. The van der Waals surface area contributed by atoms with Crippen LogP contribution in [0.3, 0.4) is 0 Å². The van der Waals surface area contributed by atoms with Crippen molar-refractivity contribution >= 4 is 24.4 Å². The van der Waals surface area contributed by atoms with Crippen LogP contribution in [0, 0.1) is 5.82 Å². The zero-order valence-electron chi connectivity index (χ0n) is 8.80. The third kappa shape index (κ3) is 3.50. The van der Waals surface area contributed by atoms with Crippen LogP contribution < -0.4 is 0 Å². The first-order chi connectivity index (χ1) is 7.77. The normalized spacial score (nSPS) is 14.1. The average molecular weight is 288 g/mol. The molecule has 0 radical (unpaired) electrons. The fraction of sp³-hybridized carbons (Fsp3) is 0.400. The van der Waals surface area contributed by atoms with E-state index in [2.05, 4.69) is 12.8 Å². The summed E-state index contributed by atoms with van der Waals surface area (Å²) in [5, 5.41) is -0.211. The minimum atomic E-state index is -4.53. The molecule has 17 heavy (non-hydrogen) atoms. The van der Waals surface area contributed by atoms with Crippen LogP contribution in [-0.2, 0) is 0 Å². The summed E-state index contributed by atoms with van der Waals surface area (Å²) in [6.45, 7) is 1.59. The molecular formula is C10H10ClF4NS. The molecule has 0 fully saturated rings. The first kappa shape index (κ1) is 14.6. The summed E-state index contributed by atoms with van der Waals surface area (Å²) >= 11 is 9.17. The molecule has 0 saturated heterocycles. The summed E-state index contributed by atoms with van der Waals surface area (Å²) < 4.78 is 52.4.